The summed E-state index contributed by atoms with van der Waals surface area (Å²) in [6.45, 7) is 0. The van der Waals surface area contributed by atoms with Crippen LogP contribution in [0, 0.1) is 0 Å². The largest absolute Gasteiger partial charge is 0.378 e. The third-order valence-electron chi connectivity index (χ3n) is 3.36. The highest BCUT2D eigenvalue weighted by Crippen LogP contribution is 2.12. The standard InChI is InChI=1S/C17H18N3/c1-18(2)15-8-10-17(11-9-15)20-13-12-19(14-20)16-6-4-3-5-7-16/h3-14H,1-2H3/q+1. The molecule has 0 amide bonds. The fourth-order valence-corrected chi connectivity index (χ4v) is 2.18. The number of anilines is 1. The lowest BCUT2D eigenvalue weighted by Gasteiger charge is -2.11. The minimum absolute atomic E-state index is 1.16. The molecule has 0 radical (unpaired) electrons. The van der Waals surface area contributed by atoms with Crippen LogP contribution < -0.4 is 9.47 Å². The molecule has 3 nitrogen and oxygen atoms in total. The topological polar surface area (TPSA) is 12.1 Å². The van der Waals surface area contributed by atoms with E-state index in [0.717, 1.165) is 11.4 Å². The summed E-state index contributed by atoms with van der Waals surface area (Å²) in [4.78, 5) is 2.10. The fraction of sp³-hybridized carbons (Fsp3) is 0.118. The Morgan fingerprint density at radius 1 is 0.900 bits per heavy atom. The summed E-state index contributed by atoms with van der Waals surface area (Å²) >= 11 is 0. The summed E-state index contributed by atoms with van der Waals surface area (Å²) in [5.74, 6) is 0. The third kappa shape index (κ3) is 2.43. The van der Waals surface area contributed by atoms with Gasteiger partial charge in [0.15, 0.2) is 0 Å². The van der Waals surface area contributed by atoms with Crippen LogP contribution in [0.25, 0.3) is 11.4 Å². The second kappa shape index (κ2) is 5.21. The number of aromatic nitrogens is 2. The number of para-hydroxylation sites is 1. The number of hydrogen-bond donors (Lipinski definition) is 0. The van der Waals surface area contributed by atoms with Crippen LogP contribution in [0.15, 0.2) is 73.3 Å². The molecule has 0 aliphatic rings. The summed E-state index contributed by atoms with van der Waals surface area (Å²) in [6, 6.07) is 18.8. The average molecular weight is 264 g/mol. The molecule has 3 aromatic rings. The van der Waals surface area contributed by atoms with Gasteiger partial charge in [0.1, 0.15) is 23.8 Å². The molecule has 0 saturated heterocycles. The number of imidazole rings is 1. The summed E-state index contributed by atoms with van der Waals surface area (Å²) in [6.07, 6.45) is 6.22. The molecule has 20 heavy (non-hydrogen) atoms. The van der Waals surface area contributed by atoms with Crippen molar-refractivity contribution in [1.82, 2.24) is 4.57 Å². The van der Waals surface area contributed by atoms with Crippen molar-refractivity contribution in [2.24, 2.45) is 0 Å². The predicted octanol–water partition coefficient (Wildman–Crippen LogP) is 2.82. The first-order valence-corrected chi connectivity index (χ1v) is 6.66. The quantitative estimate of drug-likeness (QED) is 0.662. The molecule has 0 fully saturated rings. The van der Waals surface area contributed by atoms with Crippen molar-refractivity contribution in [3.63, 3.8) is 0 Å². The Bertz CT molecular complexity index is 682. The molecule has 0 aliphatic carbocycles. The average Bonchev–Trinajstić information content (AvgIpc) is 2.98. The smallest absolute Gasteiger partial charge is 0.254 e. The normalized spacial score (nSPS) is 10.5. The summed E-state index contributed by atoms with van der Waals surface area (Å²) in [5, 5.41) is 0. The molecule has 0 unspecified atom stereocenters. The molecular weight excluding hydrogens is 246 g/mol. The van der Waals surface area contributed by atoms with Crippen LogP contribution in [-0.2, 0) is 0 Å². The molecule has 3 rings (SSSR count). The molecule has 1 heterocycles. The molecule has 0 N–H and O–H groups in total. The number of benzene rings is 2. The lowest BCUT2D eigenvalue weighted by atomic mass is 10.2. The van der Waals surface area contributed by atoms with Gasteiger partial charge in [-0.1, -0.05) is 18.2 Å². The van der Waals surface area contributed by atoms with Crippen LogP contribution in [0.2, 0.25) is 0 Å². The summed E-state index contributed by atoms with van der Waals surface area (Å²) in [5.41, 5.74) is 3.53. The van der Waals surface area contributed by atoms with E-state index in [2.05, 4.69) is 69.2 Å². The second-order valence-corrected chi connectivity index (χ2v) is 4.97. The van der Waals surface area contributed by atoms with Gasteiger partial charge in [-0.15, -0.1) is 0 Å². The Morgan fingerprint density at radius 3 is 2.25 bits per heavy atom. The molecule has 0 aliphatic heterocycles. The minimum Gasteiger partial charge on any atom is -0.378 e. The van der Waals surface area contributed by atoms with Gasteiger partial charge in [0.25, 0.3) is 6.33 Å². The van der Waals surface area contributed by atoms with E-state index in [1.165, 1.54) is 5.69 Å². The Balaban J connectivity index is 1.90. The minimum atomic E-state index is 1.16. The molecular formula is C17H18N3+. The molecule has 2 aromatic carbocycles. The van der Waals surface area contributed by atoms with Gasteiger partial charge in [-0.25, -0.2) is 9.13 Å². The van der Waals surface area contributed by atoms with Crippen molar-refractivity contribution in [1.29, 1.82) is 0 Å². The van der Waals surface area contributed by atoms with Crippen molar-refractivity contribution in [2.45, 2.75) is 0 Å². The lowest BCUT2D eigenvalue weighted by Crippen LogP contribution is -2.27. The lowest BCUT2D eigenvalue weighted by molar-refractivity contribution is -0.594. The molecule has 1 aromatic heterocycles. The molecule has 0 bridgehead atoms. The summed E-state index contributed by atoms with van der Waals surface area (Å²) in [7, 11) is 4.10. The van der Waals surface area contributed by atoms with E-state index in [9.17, 15) is 0 Å². The first-order chi connectivity index (χ1) is 9.74. The molecule has 0 atom stereocenters. The van der Waals surface area contributed by atoms with Crippen LogP contribution in [0.1, 0.15) is 0 Å². The van der Waals surface area contributed by atoms with E-state index in [1.807, 2.05) is 32.3 Å². The zero-order valence-electron chi connectivity index (χ0n) is 11.8. The van der Waals surface area contributed by atoms with Gasteiger partial charge in [0.05, 0.1) is 0 Å². The molecule has 100 valence electrons. The van der Waals surface area contributed by atoms with Crippen molar-refractivity contribution >= 4 is 5.69 Å². The Hall–Kier alpha value is -2.55. The van der Waals surface area contributed by atoms with Crippen molar-refractivity contribution < 1.29 is 4.57 Å². The van der Waals surface area contributed by atoms with E-state index >= 15 is 0 Å². The van der Waals surface area contributed by atoms with Crippen molar-refractivity contribution in [3.05, 3.63) is 73.3 Å². The van der Waals surface area contributed by atoms with Gasteiger partial charge in [0, 0.05) is 19.8 Å². The Kier molecular flexibility index (Phi) is 3.25. The van der Waals surface area contributed by atoms with Gasteiger partial charge in [0.2, 0.25) is 0 Å². The van der Waals surface area contributed by atoms with Crippen molar-refractivity contribution in [2.75, 3.05) is 19.0 Å². The first-order valence-electron chi connectivity index (χ1n) is 6.66. The van der Waals surface area contributed by atoms with Gasteiger partial charge in [-0.05, 0) is 36.4 Å². The maximum Gasteiger partial charge on any atom is 0.254 e. The van der Waals surface area contributed by atoms with E-state index in [4.69, 9.17) is 0 Å². The predicted molar refractivity (Wildman–Crippen MR) is 81.6 cm³/mol. The van der Waals surface area contributed by atoms with E-state index in [-0.39, 0.29) is 0 Å². The SMILES string of the molecule is CN(C)c1ccc(-[n+]2ccn(-c3ccccc3)c2)cc1. The maximum absolute atomic E-state index is 2.13. The van der Waals surface area contributed by atoms with Gasteiger partial charge in [-0.3, -0.25) is 0 Å². The van der Waals surface area contributed by atoms with Crippen LogP contribution in [0.5, 0.6) is 0 Å². The van der Waals surface area contributed by atoms with Gasteiger partial charge in [-0.2, -0.15) is 0 Å². The highest BCUT2D eigenvalue weighted by molar-refractivity contribution is 5.47. The third-order valence-corrected chi connectivity index (χ3v) is 3.36. The van der Waals surface area contributed by atoms with Crippen LogP contribution >= 0.6 is 0 Å². The molecule has 0 saturated carbocycles. The second-order valence-electron chi connectivity index (χ2n) is 4.97. The highest BCUT2D eigenvalue weighted by Gasteiger charge is 2.08. The van der Waals surface area contributed by atoms with Crippen LogP contribution in [-0.4, -0.2) is 18.7 Å². The molecule has 3 heteroatoms. The summed E-state index contributed by atoms with van der Waals surface area (Å²) < 4.78 is 4.23. The Labute approximate surface area is 119 Å². The van der Waals surface area contributed by atoms with Gasteiger partial charge < -0.3 is 4.90 Å². The number of hydrogen-bond acceptors (Lipinski definition) is 1. The van der Waals surface area contributed by atoms with E-state index in [1.54, 1.807) is 0 Å². The van der Waals surface area contributed by atoms with E-state index in [0.29, 0.717) is 0 Å². The highest BCUT2D eigenvalue weighted by atomic mass is 15.1. The number of rotatable bonds is 3. The zero-order chi connectivity index (χ0) is 13.9. The monoisotopic (exact) mass is 264 g/mol. The van der Waals surface area contributed by atoms with Gasteiger partial charge >= 0.3 is 0 Å². The first kappa shape index (κ1) is 12.5. The van der Waals surface area contributed by atoms with E-state index < -0.39 is 0 Å². The van der Waals surface area contributed by atoms with Crippen LogP contribution in [0.3, 0.4) is 0 Å². The van der Waals surface area contributed by atoms with Crippen LogP contribution in [0.4, 0.5) is 5.69 Å². The zero-order valence-corrected chi connectivity index (χ0v) is 11.8. The Morgan fingerprint density at radius 2 is 1.60 bits per heavy atom. The maximum atomic E-state index is 2.13. The van der Waals surface area contributed by atoms with Crippen molar-refractivity contribution in [3.8, 4) is 11.4 Å². The fourth-order valence-electron chi connectivity index (χ4n) is 2.18. The number of nitrogens with zero attached hydrogens (tertiary/aromatic N) is 3. The molecule has 0 spiro atoms.